The van der Waals surface area contributed by atoms with Gasteiger partial charge in [0.05, 0.1) is 15.9 Å². The van der Waals surface area contributed by atoms with Crippen molar-refractivity contribution in [2.75, 3.05) is 0 Å². The first-order valence-electron chi connectivity index (χ1n) is 8.68. The number of hydrogen-bond acceptors (Lipinski definition) is 8. The number of non-ortho nitro benzene ring substituents is 1. The summed E-state index contributed by atoms with van der Waals surface area (Å²) in [6.07, 6.45) is 0. The molecule has 0 unspecified atom stereocenters. The van der Waals surface area contributed by atoms with Crippen LogP contribution in [0.1, 0.15) is 46.0 Å². The second kappa shape index (κ2) is 8.00. The van der Waals surface area contributed by atoms with E-state index in [1.54, 1.807) is 26.8 Å². The topological polar surface area (TPSA) is 132 Å². The zero-order valence-corrected chi connectivity index (χ0v) is 17.0. The molecule has 0 aliphatic rings. The van der Waals surface area contributed by atoms with E-state index in [0.717, 1.165) is 11.8 Å². The average molecular weight is 414 g/mol. The van der Waals surface area contributed by atoms with E-state index in [9.17, 15) is 19.7 Å². The number of benzene rings is 1. The molecule has 0 saturated carbocycles. The van der Waals surface area contributed by atoms with E-state index < -0.39 is 10.2 Å². The third kappa shape index (κ3) is 4.11. The standard InChI is InChI=1S/C19H18N4O5S/c1-9-15(11(3)24)10(2)20-16(9)17(25)12(4)29-19-22-21-18(28-19)13-6-5-7-14(8-13)23(26)27/h5-8,12,20H,1-4H3/t12-/m0/s1. The highest BCUT2D eigenvalue weighted by atomic mass is 32.2. The van der Waals surface area contributed by atoms with Crippen molar-refractivity contribution >= 4 is 29.0 Å². The van der Waals surface area contributed by atoms with E-state index in [1.165, 1.54) is 25.1 Å². The summed E-state index contributed by atoms with van der Waals surface area (Å²) >= 11 is 1.08. The Bertz CT molecular complexity index is 1120. The summed E-state index contributed by atoms with van der Waals surface area (Å²) in [5.41, 5.74) is 2.51. The van der Waals surface area contributed by atoms with Gasteiger partial charge in [-0.25, -0.2) is 0 Å². The molecule has 3 rings (SSSR count). The van der Waals surface area contributed by atoms with Crippen molar-refractivity contribution in [2.45, 2.75) is 38.2 Å². The number of thioether (sulfide) groups is 1. The lowest BCUT2D eigenvalue weighted by Gasteiger charge is -2.07. The fourth-order valence-corrected chi connectivity index (χ4v) is 3.80. The molecule has 0 saturated heterocycles. The highest BCUT2D eigenvalue weighted by Crippen LogP contribution is 2.30. The number of carbonyl (C=O) groups is 2. The number of Topliss-reactive ketones (excluding diaryl/α,β-unsaturated/α-hetero) is 2. The molecule has 0 radical (unpaired) electrons. The van der Waals surface area contributed by atoms with Gasteiger partial charge in [0.15, 0.2) is 11.6 Å². The van der Waals surface area contributed by atoms with Gasteiger partial charge >= 0.3 is 0 Å². The Hall–Kier alpha value is -3.27. The first-order valence-corrected chi connectivity index (χ1v) is 9.56. The van der Waals surface area contributed by atoms with Crippen LogP contribution < -0.4 is 0 Å². The number of aryl methyl sites for hydroxylation is 1. The number of rotatable bonds is 7. The molecule has 150 valence electrons. The van der Waals surface area contributed by atoms with E-state index in [1.807, 2.05) is 0 Å². The Morgan fingerprint density at radius 3 is 2.62 bits per heavy atom. The van der Waals surface area contributed by atoms with Crippen LogP contribution in [0.25, 0.3) is 11.5 Å². The zero-order chi connectivity index (χ0) is 21.3. The number of H-pyrrole nitrogens is 1. The lowest BCUT2D eigenvalue weighted by atomic mass is 10.0. The normalized spacial score (nSPS) is 12.0. The minimum atomic E-state index is -0.551. The number of nitro groups is 1. The van der Waals surface area contributed by atoms with Gasteiger partial charge in [-0.1, -0.05) is 17.8 Å². The van der Waals surface area contributed by atoms with Crippen LogP contribution in [-0.2, 0) is 0 Å². The van der Waals surface area contributed by atoms with Crippen LogP contribution >= 0.6 is 11.8 Å². The number of ketones is 2. The average Bonchev–Trinajstić information content (AvgIpc) is 3.25. The van der Waals surface area contributed by atoms with Crippen molar-refractivity contribution in [1.29, 1.82) is 0 Å². The molecule has 0 aliphatic heterocycles. The van der Waals surface area contributed by atoms with Gasteiger partial charge < -0.3 is 9.40 Å². The van der Waals surface area contributed by atoms with Crippen molar-refractivity contribution in [3.63, 3.8) is 0 Å². The predicted octanol–water partition coefficient (Wildman–Crippen LogP) is 4.16. The minimum Gasteiger partial charge on any atom is -0.411 e. The molecule has 1 atom stereocenters. The van der Waals surface area contributed by atoms with E-state index >= 15 is 0 Å². The van der Waals surface area contributed by atoms with Gasteiger partial charge in [0.2, 0.25) is 5.89 Å². The van der Waals surface area contributed by atoms with Crippen LogP contribution in [0, 0.1) is 24.0 Å². The largest absolute Gasteiger partial charge is 0.411 e. The van der Waals surface area contributed by atoms with E-state index in [-0.39, 0.29) is 28.4 Å². The lowest BCUT2D eigenvalue weighted by Crippen LogP contribution is -2.15. The molecule has 0 amide bonds. The number of aromatic nitrogens is 3. The monoisotopic (exact) mass is 414 g/mol. The number of nitro benzene ring substituents is 1. The summed E-state index contributed by atoms with van der Waals surface area (Å²) in [5.74, 6) is -0.172. The first kappa shape index (κ1) is 20.5. The molecular formula is C19H18N4O5S. The fourth-order valence-electron chi connectivity index (χ4n) is 3.06. The van der Waals surface area contributed by atoms with Gasteiger partial charge in [0.1, 0.15) is 0 Å². The smallest absolute Gasteiger partial charge is 0.277 e. The third-order valence-corrected chi connectivity index (χ3v) is 5.33. The Morgan fingerprint density at radius 2 is 2.00 bits per heavy atom. The van der Waals surface area contributed by atoms with Gasteiger partial charge in [0, 0.05) is 29.0 Å². The van der Waals surface area contributed by atoms with Gasteiger partial charge in [-0.3, -0.25) is 19.7 Å². The third-order valence-electron chi connectivity index (χ3n) is 4.39. The van der Waals surface area contributed by atoms with Crippen LogP contribution in [0.2, 0.25) is 0 Å². The van der Waals surface area contributed by atoms with E-state index in [0.29, 0.717) is 28.1 Å². The van der Waals surface area contributed by atoms with E-state index in [2.05, 4.69) is 15.2 Å². The van der Waals surface area contributed by atoms with Crippen LogP contribution in [0.5, 0.6) is 0 Å². The van der Waals surface area contributed by atoms with Gasteiger partial charge in [-0.15, -0.1) is 10.2 Å². The summed E-state index contributed by atoms with van der Waals surface area (Å²) in [6.45, 7) is 6.65. The summed E-state index contributed by atoms with van der Waals surface area (Å²) in [6, 6.07) is 5.86. The molecule has 0 fully saturated rings. The predicted molar refractivity (Wildman–Crippen MR) is 106 cm³/mol. The van der Waals surface area contributed by atoms with Crippen LogP contribution in [0.4, 0.5) is 5.69 Å². The molecule has 29 heavy (non-hydrogen) atoms. The SMILES string of the molecule is CC(=O)c1c(C)[nH]c(C(=O)[C@H](C)Sc2nnc(-c3cccc([N+](=O)[O-])c3)o2)c1C. The number of hydrogen-bond donors (Lipinski definition) is 1. The fraction of sp³-hybridized carbons (Fsp3) is 0.263. The number of nitrogens with one attached hydrogen (secondary N) is 1. The highest BCUT2D eigenvalue weighted by molar-refractivity contribution is 8.00. The van der Waals surface area contributed by atoms with Crippen molar-refractivity contribution in [1.82, 2.24) is 15.2 Å². The Labute approximate surface area is 170 Å². The molecule has 10 heteroatoms. The summed E-state index contributed by atoms with van der Waals surface area (Å²) in [7, 11) is 0. The molecule has 3 aromatic rings. The van der Waals surface area contributed by atoms with Crippen LogP contribution in [-0.4, -0.2) is 36.9 Å². The molecule has 0 aliphatic carbocycles. The summed E-state index contributed by atoms with van der Waals surface area (Å²) in [4.78, 5) is 38.0. The Balaban J connectivity index is 1.79. The molecule has 0 bridgehead atoms. The molecule has 9 nitrogen and oxygen atoms in total. The molecule has 2 aromatic heterocycles. The van der Waals surface area contributed by atoms with Gasteiger partial charge in [-0.2, -0.15) is 0 Å². The van der Waals surface area contributed by atoms with E-state index in [4.69, 9.17) is 4.42 Å². The molecule has 0 spiro atoms. The maximum absolute atomic E-state index is 12.8. The van der Waals surface area contributed by atoms with Crippen molar-refractivity contribution in [3.05, 3.63) is 56.9 Å². The van der Waals surface area contributed by atoms with Crippen LogP contribution in [0.3, 0.4) is 0 Å². The maximum atomic E-state index is 12.8. The zero-order valence-electron chi connectivity index (χ0n) is 16.2. The number of aromatic amines is 1. The summed E-state index contributed by atoms with van der Waals surface area (Å²) in [5, 5.41) is 18.4. The molecule has 2 heterocycles. The van der Waals surface area contributed by atoms with Crippen molar-refractivity contribution in [3.8, 4) is 11.5 Å². The second-order valence-electron chi connectivity index (χ2n) is 6.49. The molecule has 1 N–H and O–H groups in total. The number of carbonyl (C=O) groups excluding carboxylic acids is 2. The first-order chi connectivity index (χ1) is 13.7. The Morgan fingerprint density at radius 1 is 1.28 bits per heavy atom. The molecular weight excluding hydrogens is 396 g/mol. The Kier molecular flexibility index (Phi) is 5.64. The lowest BCUT2D eigenvalue weighted by molar-refractivity contribution is -0.384. The second-order valence-corrected chi connectivity index (χ2v) is 7.78. The van der Waals surface area contributed by atoms with Crippen LogP contribution in [0.15, 0.2) is 33.9 Å². The summed E-state index contributed by atoms with van der Waals surface area (Å²) < 4.78 is 5.56. The quantitative estimate of drug-likeness (QED) is 0.264. The highest BCUT2D eigenvalue weighted by Gasteiger charge is 2.26. The van der Waals surface area contributed by atoms with Crippen molar-refractivity contribution < 1.29 is 18.9 Å². The molecule has 1 aromatic carbocycles. The minimum absolute atomic E-state index is 0.0858. The number of nitrogens with zero attached hydrogens (tertiary/aromatic N) is 3. The van der Waals surface area contributed by atoms with Gasteiger partial charge in [0.25, 0.3) is 10.9 Å². The van der Waals surface area contributed by atoms with Gasteiger partial charge in [-0.05, 0) is 39.3 Å². The maximum Gasteiger partial charge on any atom is 0.277 e. The van der Waals surface area contributed by atoms with Crippen molar-refractivity contribution in [2.24, 2.45) is 0 Å².